The molecule has 2 bridgehead atoms. The maximum atomic E-state index is 14.2. The van der Waals surface area contributed by atoms with Gasteiger partial charge in [-0.15, -0.1) is 0 Å². The second-order valence-corrected chi connectivity index (χ2v) is 13.1. The second-order valence-electron chi connectivity index (χ2n) is 13.1. The number of hydrogen-bond donors (Lipinski definition) is 1. The predicted molar refractivity (Wildman–Crippen MR) is 182 cm³/mol. The molecule has 3 aliphatic heterocycles. The van der Waals surface area contributed by atoms with Crippen LogP contribution >= 0.6 is 0 Å². The molecule has 5 aromatic rings. The normalized spacial score (nSPS) is 19.8. The molecule has 8 rings (SSSR count). The number of nitrogens with zero attached hydrogens (tertiary/aromatic N) is 3. The lowest BCUT2D eigenvalue weighted by atomic mass is 9.83. The van der Waals surface area contributed by atoms with Crippen LogP contribution in [0.25, 0.3) is 11.0 Å². The highest BCUT2D eigenvalue weighted by Crippen LogP contribution is 2.40. The van der Waals surface area contributed by atoms with Crippen molar-refractivity contribution in [3.63, 3.8) is 0 Å². The molecule has 9 nitrogen and oxygen atoms in total. The lowest BCUT2D eigenvalue weighted by Gasteiger charge is -2.44. The molecular weight excluding hydrogens is 611 g/mol. The molecule has 0 radical (unpaired) electrons. The Labute approximate surface area is 275 Å². The standard InChI is InChI=1S/C38H33FN4O5/c1-22-9-10-24-16-28(39)12-14-32(24)43(22)37(46)26-11-13-33(41-19-23-15-27(21-41)31-6-4-8-35(44)42(31)20-23)30(18-26)40-36(45)29-17-25-5-2-3-7-34(25)48-38(29)47/h2-8,11-14,16-18,22-23,27H,9-10,15,19-21H2,1H3,(H,40,45)/t22-,23-,27+/m1/s1. The number of nitrogens with one attached hydrogen (secondary N) is 1. The van der Waals surface area contributed by atoms with Gasteiger partial charge in [-0.1, -0.05) is 24.3 Å². The van der Waals surface area contributed by atoms with E-state index in [2.05, 4.69) is 10.2 Å². The second kappa shape index (κ2) is 11.6. The molecule has 10 heteroatoms. The summed E-state index contributed by atoms with van der Waals surface area (Å²) in [4.78, 5) is 57.4. The number of halogens is 1. The van der Waals surface area contributed by atoms with Crippen molar-refractivity contribution in [2.45, 2.75) is 44.7 Å². The van der Waals surface area contributed by atoms with E-state index in [1.165, 1.54) is 18.2 Å². The first-order valence-corrected chi connectivity index (χ1v) is 16.3. The SMILES string of the molecule is C[C@@H]1CCc2cc(F)ccc2N1C(=O)c1ccc(N2C[C@H]3C[C@@H](C2)c2cccc(=O)n2C3)c(NC(=O)c2cc3ccccc3oc2=O)c1. The van der Waals surface area contributed by atoms with E-state index in [-0.39, 0.29) is 40.7 Å². The molecule has 48 heavy (non-hydrogen) atoms. The lowest BCUT2D eigenvalue weighted by Crippen LogP contribution is -2.47. The summed E-state index contributed by atoms with van der Waals surface area (Å²) in [6.45, 7) is 3.82. The monoisotopic (exact) mass is 644 g/mol. The van der Waals surface area contributed by atoms with E-state index < -0.39 is 11.5 Å². The third-order valence-corrected chi connectivity index (χ3v) is 9.99. The molecule has 1 N–H and O–H groups in total. The number of para-hydroxylation sites is 1. The Kier molecular flexibility index (Phi) is 7.23. The highest BCUT2D eigenvalue weighted by Gasteiger charge is 2.36. The van der Waals surface area contributed by atoms with Crippen LogP contribution in [0.15, 0.2) is 98.9 Å². The number of benzene rings is 3. The zero-order valence-electron chi connectivity index (χ0n) is 26.3. The number of aryl methyl sites for hydroxylation is 1. The summed E-state index contributed by atoms with van der Waals surface area (Å²) >= 11 is 0. The van der Waals surface area contributed by atoms with Crippen molar-refractivity contribution < 1.29 is 18.4 Å². The lowest BCUT2D eigenvalue weighted by molar-refractivity contribution is 0.0973. The summed E-state index contributed by atoms with van der Waals surface area (Å²) in [6, 6.07) is 23.5. The van der Waals surface area contributed by atoms with Crippen molar-refractivity contribution in [2.24, 2.45) is 5.92 Å². The van der Waals surface area contributed by atoms with Gasteiger partial charge in [0, 0.05) is 60.0 Å². The first kappa shape index (κ1) is 29.9. The van der Waals surface area contributed by atoms with Gasteiger partial charge in [0.2, 0.25) is 0 Å². The van der Waals surface area contributed by atoms with Crippen LogP contribution < -0.4 is 26.3 Å². The van der Waals surface area contributed by atoms with Crippen LogP contribution in [0.4, 0.5) is 21.5 Å². The average Bonchev–Trinajstić information content (AvgIpc) is 3.08. The van der Waals surface area contributed by atoms with Gasteiger partial charge in [0.15, 0.2) is 0 Å². The minimum Gasteiger partial charge on any atom is -0.422 e. The average molecular weight is 645 g/mol. The largest absolute Gasteiger partial charge is 0.422 e. The fourth-order valence-electron chi connectivity index (χ4n) is 7.72. The quantitative estimate of drug-likeness (QED) is 0.243. The van der Waals surface area contributed by atoms with Crippen molar-refractivity contribution in [3.05, 3.63) is 134 Å². The molecule has 0 saturated carbocycles. The van der Waals surface area contributed by atoms with Gasteiger partial charge >= 0.3 is 5.63 Å². The summed E-state index contributed by atoms with van der Waals surface area (Å²) in [5.74, 6) is -0.954. The van der Waals surface area contributed by atoms with Crippen molar-refractivity contribution in [3.8, 4) is 0 Å². The van der Waals surface area contributed by atoms with Gasteiger partial charge in [-0.3, -0.25) is 14.4 Å². The molecule has 3 aliphatic rings. The minimum atomic E-state index is -0.763. The van der Waals surface area contributed by atoms with Crippen LogP contribution in [0.1, 0.15) is 57.7 Å². The van der Waals surface area contributed by atoms with Crippen molar-refractivity contribution in [2.75, 3.05) is 28.2 Å². The molecule has 242 valence electrons. The van der Waals surface area contributed by atoms with Crippen LogP contribution in [-0.2, 0) is 13.0 Å². The number of fused-ring (bicyclic) bond motifs is 6. The molecular formula is C38H33FN4O5. The Morgan fingerprint density at radius 3 is 2.60 bits per heavy atom. The molecule has 0 spiro atoms. The van der Waals surface area contributed by atoms with Gasteiger partial charge in [0.05, 0.1) is 11.4 Å². The van der Waals surface area contributed by atoms with Gasteiger partial charge in [0.1, 0.15) is 17.0 Å². The maximum Gasteiger partial charge on any atom is 0.349 e. The Hall–Kier alpha value is -5.51. The van der Waals surface area contributed by atoms with Crippen molar-refractivity contribution >= 4 is 39.8 Å². The number of carbonyl (C=O) groups excluding carboxylic acids is 2. The van der Waals surface area contributed by atoms with E-state index in [1.54, 1.807) is 59.5 Å². The van der Waals surface area contributed by atoms with E-state index in [0.29, 0.717) is 66.1 Å². The molecule has 0 aliphatic carbocycles. The van der Waals surface area contributed by atoms with E-state index in [0.717, 1.165) is 17.7 Å². The van der Waals surface area contributed by atoms with E-state index in [1.807, 2.05) is 23.6 Å². The molecule has 1 saturated heterocycles. The number of piperidine rings is 1. The van der Waals surface area contributed by atoms with Gasteiger partial charge < -0.3 is 24.1 Å². The van der Waals surface area contributed by atoms with Crippen molar-refractivity contribution in [1.29, 1.82) is 0 Å². The number of rotatable bonds is 4. The van der Waals surface area contributed by atoms with Gasteiger partial charge in [-0.2, -0.15) is 0 Å². The highest BCUT2D eigenvalue weighted by molar-refractivity contribution is 6.11. The molecule has 2 aromatic heterocycles. The highest BCUT2D eigenvalue weighted by atomic mass is 19.1. The fourth-order valence-corrected chi connectivity index (χ4v) is 7.72. The smallest absolute Gasteiger partial charge is 0.349 e. The van der Waals surface area contributed by atoms with Crippen LogP contribution in [0.2, 0.25) is 0 Å². The van der Waals surface area contributed by atoms with Gasteiger partial charge in [0.25, 0.3) is 17.4 Å². The summed E-state index contributed by atoms with van der Waals surface area (Å²) < 4.78 is 21.4. The predicted octanol–water partition coefficient (Wildman–Crippen LogP) is 5.95. The first-order valence-electron chi connectivity index (χ1n) is 16.3. The number of hydrogen-bond acceptors (Lipinski definition) is 6. The number of pyridine rings is 1. The third-order valence-electron chi connectivity index (χ3n) is 9.99. The van der Waals surface area contributed by atoms with Gasteiger partial charge in [-0.25, -0.2) is 9.18 Å². The number of carbonyl (C=O) groups is 2. The zero-order chi connectivity index (χ0) is 33.1. The third kappa shape index (κ3) is 5.17. The van der Waals surface area contributed by atoms with E-state index in [4.69, 9.17) is 4.42 Å². The molecule has 0 unspecified atom stereocenters. The summed E-state index contributed by atoms with van der Waals surface area (Å²) in [5, 5.41) is 3.55. The van der Waals surface area contributed by atoms with Crippen LogP contribution in [0.5, 0.6) is 0 Å². The van der Waals surface area contributed by atoms with E-state index >= 15 is 0 Å². The van der Waals surface area contributed by atoms with Crippen LogP contribution in [0.3, 0.4) is 0 Å². The van der Waals surface area contributed by atoms with Gasteiger partial charge in [-0.05, 0) is 92.3 Å². The number of anilines is 3. The fraction of sp³-hybridized carbons (Fsp3) is 0.263. The minimum absolute atomic E-state index is 0.00284. The Balaban J connectivity index is 1.18. The zero-order valence-corrected chi connectivity index (χ0v) is 26.3. The van der Waals surface area contributed by atoms with Crippen molar-refractivity contribution in [1.82, 2.24) is 4.57 Å². The Morgan fingerprint density at radius 2 is 1.73 bits per heavy atom. The molecule has 5 heterocycles. The first-order chi connectivity index (χ1) is 23.2. The molecule has 2 amide bonds. The molecule has 1 fully saturated rings. The number of aromatic nitrogens is 1. The summed E-state index contributed by atoms with van der Waals surface area (Å²) in [7, 11) is 0. The maximum absolute atomic E-state index is 14.2. The van der Waals surface area contributed by atoms with Crippen LogP contribution in [0, 0.1) is 11.7 Å². The summed E-state index contributed by atoms with van der Waals surface area (Å²) in [5.41, 5.74) is 3.32. The topological polar surface area (TPSA) is 105 Å². The Bertz CT molecular complexity index is 2240. The van der Waals surface area contributed by atoms with E-state index in [9.17, 15) is 23.6 Å². The summed E-state index contributed by atoms with van der Waals surface area (Å²) in [6.07, 6.45) is 2.30. The Morgan fingerprint density at radius 1 is 0.896 bits per heavy atom. The van der Waals surface area contributed by atoms with Crippen LogP contribution in [-0.4, -0.2) is 35.5 Å². The number of amides is 2. The molecule has 3 atom stereocenters. The molecule has 3 aromatic carbocycles.